The Morgan fingerprint density at radius 2 is 2.35 bits per heavy atom. The summed E-state index contributed by atoms with van der Waals surface area (Å²) in [6.07, 6.45) is 10.0. The number of hydrogen-bond donors (Lipinski definition) is 1. The van der Waals surface area contributed by atoms with Crippen LogP contribution in [0.1, 0.15) is 37.8 Å². The van der Waals surface area contributed by atoms with Crippen molar-refractivity contribution in [2.45, 2.75) is 44.6 Å². The van der Waals surface area contributed by atoms with E-state index in [0.717, 1.165) is 29.9 Å². The first-order chi connectivity index (χ1) is 8.20. The number of hydrogen-bond acceptors (Lipinski definition) is 2. The molecule has 3 heteroatoms. The Labute approximate surface area is 103 Å². The lowest BCUT2D eigenvalue weighted by Gasteiger charge is -2.24. The molecular formula is C14H23N3. The average Bonchev–Trinajstić information content (AvgIpc) is 2.95. The van der Waals surface area contributed by atoms with Gasteiger partial charge in [-0.2, -0.15) is 5.10 Å². The molecular weight excluding hydrogens is 210 g/mol. The van der Waals surface area contributed by atoms with Gasteiger partial charge in [0.05, 0.1) is 5.69 Å². The smallest absolute Gasteiger partial charge is 0.0639 e. The van der Waals surface area contributed by atoms with Crippen molar-refractivity contribution < 1.29 is 0 Å². The molecule has 4 unspecified atom stereocenters. The van der Waals surface area contributed by atoms with Crippen molar-refractivity contribution in [2.24, 2.45) is 30.5 Å². The number of fused-ring (bicyclic) bond motifs is 2. The second-order valence-electron chi connectivity index (χ2n) is 6.12. The molecule has 2 bridgehead atoms. The topological polar surface area (TPSA) is 43.8 Å². The number of rotatable bonds is 4. The van der Waals surface area contributed by atoms with Gasteiger partial charge in [0, 0.05) is 25.7 Å². The molecule has 2 N–H and O–H groups in total. The summed E-state index contributed by atoms with van der Waals surface area (Å²) in [6.45, 7) is 0. The summed E-state index contributed by atoms with van der Waals surface area (Å²) >= 11 is 0. The number of nitrogens with two attached hydrogens (primary N) is 1. The highest BCUT2D eigenvalue weighted by Crippen LogP contribution is 2.49. The lowest BCUT2D eigenvalue weighted by molar-refractivity contribution is 0.293. The number of nitrogens with zero attached hydrogens (tertiary/aromatic N) is 2. The van der Waals surface area contributed by atoms with E-state index in [9.17, 15) is 0 Å². The molecule has 0 saturated heterocycles. The fourth-order valence-corrected chi connectivity index (χ4v) is 3.98. The molecule has 0 aliphatic heterocycles. The standard InChI is InChI=1S/C14H23N3/c1-17-5-4-14(16-17)9-13(15)8-12-7-10-2-3-11(12)6-10/h4-5,10-13H,2-3,6-9,15H2,1H3. The van der Waals surface area contributed by atoms with Gasteiger partial charge in [-0.3, -0.25) is 4.68 Å². The molecule has 1 aromatic heterocycles. The van der Waals surface area contributed by atoms with E-state index in [1.165, 1.54) is 32.1 Å². The van der Waals surface area contributed by atoms with Crippen LogP contribution in [0, 0.1) is 17.8 Å². The normalized spacial score (nSPS) is 33.2. The van der Waals surface area contributed by atoms with Crippen LogP contribution in [0.25, 0.3) is 0 Å². The summed E-state index contributed by atoms with van der Waals surface area (Å²) in [4.78, 5) is 0. The minimum atomic E-state index is 0.300. The van der Waals surface area contributed by atoms with Gasteiger partial charge in [-0.25, -0.2) is 0 Å². The van der Waals surface area contributed by atoms with Gasteiger partial charge < -0.3 is 5.73 Å². The van der Waals surface area contributed by atoms with Gasteiger partial charge in [0.25, 0.3) is 0 Å². The second kappa shape index (κ2) is 4.45. The van der Waals surface area contributed by atoms with Crippen molar-refractivity contribution in [1.82, 2.24) is 9.78 Å². The maximum Gasteiger partial charge on any atom is 0.0639 e. The highest BCUT2D eigenvalue weighted by molar-refractivity contribution is 5.01. The van der Waals surface area contributed by atoms with Crippen molar-refractivity contribution in [3.63, 3.8) is 0 Å². The van der Waals surface area contributed by atoms with Gasteiger partial charge in [0.15, 0.2) is 0 Å². The first-order valence-corrected chi connectivity index (χ1v) is 6.95. The third-order valence-electron chi connectivity index (χ3n) is 4.73. The number of aryl methyl sites for hydroxylation is 1. The molecule has 3 nitrogen and oxygen atoms in total. The lowest BCUT2D eigenvalue weighted by Crippen LogP contribution is -2.28. The van der Waals surface area contributed by atoms with Gasteiger partial charge in [-0.1, -0.05) is 6.42 Å². The van der Waals surface area contributed by atoms with Crippen LogP contribution < -0.4 is 5.73 Å². The van der Waals surface area contributed by atoms with Gasteiger partial charge >= 0.3 is 0 Å². The quantitative estimate of drug-likeness (QED) is 0.865. The number of aromatic nitrogens is 2. The summed E-state index contributed by atoms with van der Waals surface area (Å²) in [6, 6.07) is 2.38. The predicted octanol–water partition coefficient (Wildman–Crippen LogP) is 2.12. The van der Waals surface area contributed by atoms with E-state index in [-0.39, 0.29) is 0 Å². The van der Waals surface area contributed by atoms with E-state index in [1.54, 1.807) is 0 Å². The van der Waals surface area contributed by atoms with Crippen molar-refractivity contribution >= 4 is 0 Å². The Morgan fingerprint density at radius 1 is 1.47 bits per heavy atom. The summed E-state index contributed by atoms with van der Waals surface area (Å²) in [5, 5.41) is 4.41. The first kappa shape index (κ1) is 11.3. The van der Waals surface area contributed by atoms with Crippen LogP contribution in [0.5, 0.6) is 0 Å². The van der Waals surface area contributed by atoms with E-state index in [4.69, 9.17) is 5.73 Å². The molecule has 0 radical (unpaired) electrons. The fraction of sp³-hybridized carbons (Fsp3) is 0.786. The average molecular weight is 233 g/mol. The molecule has 0 aromatic carbocycles. The largest absolute Gasteiger partial charge is 0.327 e. The van der Waals surface area contributed by atoms with Gasteiger partial charge in [-0.05, 0) is 49.5 Å². The molecule has 2 fully saturated rings. The molecule has 2 saturated carbocycles. The van der Waals surface area contributed by atoms with E-state index in [0.29, 0.717) is 6.04 Å². The Hall–Kier alpha value is -0.830. The van der Waals surface area contributed by atoms with Crippen molar-refractivity contribution in [3.8, 4) is 0 Å². The summed E-state index contributed by atoms with van der Waals surface area (Å²) in [5.74, 6) is 2.94. The van der Waals surface area contributed by atoms with E-state index < -0.39 is 0 Å². The Balaban J connectivity index is 1.52. The molecule has 17 heavy (non-hydrogen) atoms. The van der Waals surface area contributed by atoms with Crippen LogP contribution in [0.2, 0.25) is 0 Å². The minimum absolute atomic E-state index is 0.300. The zero-order chi connectivity index (χ0) is 11.8. The molecule has 1 aromatic rings. The van der Waals surface area contributed by atoms with Crippen molar-refractivity contribution in [2.75, 3.05) is 0 Å². The monoisotopic (exact) mass is 233 g/mol. The predicted molar refractivity (Wildman–Crippen MR) is 68.4 cm³/mol. The zero-order valence-corrected chi connectivity index (χ0v) is 10.7. The molecule has 0 spiro atoms. The molecule has 0 amide bonds. The lowest BCUT2D eigenvalue weighted by atomic mass is 9.83. The van der Waals surface area contributed by atoms with Gasteiger partial charge in [0.2, 0.25) is 0 Å². The van der Waals surface area contributed by atoms with Gasteiger partial charge in [-0.15, -0.1) is 0 Å². The summed E-state index contributed by atoms with van der Waals surface area (Å²) < 4.78 is 1.86. The van der Waals surface area contributed by atoms with E-state index >= 15 is 0 Å². The Morgan fingerprint density at radius 3 is 2.94 bits per heavy atom. The maximum absolute atomic E-state index is 6.28. The third kappa shape index (κ3) is 2.39. The Bertz CT molecular complexity index is 385. The van der Waals surface area contributed by atoms with E-state index in [2.05, 4.69) is 11.2 Å². The third-order valence-corrected chi connectivity index (χ3v) is 4.73. The SMILES string of the molecule is Cn1ccc(CC(N)CC2CC3CCC2C3)n1. The van der Waals surface area contributed by atoms with Crippen LogP contribution in [-0.4, -0.2) is 15.8 Å². The molecule has 4 atom stereocenters. The van der Waals surface area contributed by atoms with Crippen LogP contribution in [0.3, 0.4) is 0 Å². The molecule has 94 valence electrons. The molecule has 1 heterocycles. The summed E-state index contributed by atoms with van der Waals surface area (Å²) in [7, 11) is 1.96. The summed E-state index contributed by atoms with van der Waals surface area (Å²) in [5.41, 5.74) is 7.42. The van der Waals surface area contributed by atoms with Crippen LogP contribution in [0.4, 0.5) is 0 Å². The van der Waals surface area contributed by atoms with Crippen LogP contribution in [-0.2, 0) is 13.5 Å². The Kier molecular flexibility index (Phi) is 2.95. The molecule has 2 aliphatic rings. The fourth-order valence-electron chi connectivity index (χ4n) is 3.98. The van der Waals surface area contributed by atoms with Crippen molar-refractivity contribution in [1.29, 1.82) is 0 Å². The highest BCUT2D eigenvalue weighted by Gasteiger charge is 2.39. The van der Waals surface area contributed by atoms with E-state index in [1.807, 2.05) is 17.9 Å². The second-order valence-corrected chi connectivity index (χ2v) is 6.12. The van der Waals surface area contributed by atoms with Crippen LogP contribution in [0.15, 0.2) is 12.3 Å². The van der Waals surface area contributed by atoms with Gasteiger partial charge in [0.1, 0.15) is 0 Å². The minimum Gasteiger partial charge on any atom is -0.327 e. The first-order valence-electron chi connectivity index (χ1n) is 6.95. The molecule has 2 aliphatic carbocycles. The highest BCUT2D eigenvalue weighted by atomic mass is 15.2. The van der Waals surface area contributed by atoms with Crippen LogP contribution >= 0.6 is 0 Å². The maximum atomic E-state index is 6.28. The molecule has 3 rings (SSSR count). The van der Waals surface area contributed by atoms with Crippen molar-refractivity contribution in [3.05, 3.63) is 18.0 Å². The zero-order valence-electron chi connectivity index (χ0n) is 10.7.